The van der Waals surface area contributed by atoms with E-state index in [4.69, 9.17) is 16.3 Å². The quantitative estimate of drug-likeness (QED) is 0.892. The molecular formula is C14H10ClN3O3. The molecule has 0 saturated heterocycles. The number of halogens is 1. The van der Waals surface area contributed by atoms with Crippen molar-refractivity contribution < 1.29 is 14.3 Å². The van der Waals surface area contributed by atoms with E-state index < -0.39 is 0 Å². The van der Waals surface area contributed by atoms with Gasteiger partial charge in [0.2, 0.25) is 0 Å². The van der Waals surface area contributed by atoms with Crippen molar-refractivity contribution in [3.8, 4) is 5.75 Å². The Morgan fingerprint density at radius 2 is 2.19 bits per heavy atom. The highest BCUT2D eigenvalue weighted by Gasteiger charge is 2.18. The van der Waals surface area contributed by atoms with Crippen LogP contribution < -0.4 is 15.4 Å². The van der Waals surface area contributed by atoms with Gasteiger partial charge in [0.25, 0.3) is 11.8 Å². The number of carbonyl (C=O) groups excluding carboxylic acids is 2. The van der Waals surface area contributed by atoms with Crippen molar-refractivity contribution >= 4 is 34.9 Å². The van der Waals surface area contributed by atoms with Crippen molar-refractivity contribution in [1.82, 2.24) is 4.98 Å². The molecule has 2 N–H and O–H groups in total. The summed E-state index contributed by atoms with van der Waals surface area (Å²) >= 11 is 5.73. The van der Waals surface area contributed by atoms with Crippen molar-refractivity contribution in [1.29, 1.82) is 0 Å². The Morgan fingerprint density at radius 3 is 2.95 bits per heavy atom. The number of nitrogens with zero attached hydrogens (tertiary/aromatic N) is 1. The molecule has 2 heterocycles. The van der Waals surface area contributed by atoms with Gasteiger partial charge in [-0.15, -0.1) is 0 Å². The molecule has 21 heavy (non-hydrogen) atoms. The zero-order valence-corrected chi connectivity index (χ0v) is 11.5. The van der Waals surface area contributed by atoms with Gasteiger partial charge < -0.3 is 15.4 Å². The van der Waals surface area contributed by atoms with E-state index in [1.807, 2.05) is 0 Å². The van der Waals surface area contributed by atoms with Crippen LogP contribution in [0.2, 0.25) is 5.02 Å². The molecule has 1 aliphatic heterocycles. The van der Waals surface area contributed by atoms with E-state index in [0.717, 1.165) is 0 Å². The monoisotopic (exact) mass is 303 g/mol. The summed E-state index contributed by atoms with van der Waals surface area (Å²) in [5, 5.41) is 5.78. The molecule has 0 spiro atoms. The predicted octanol–water partition coefficient (Wildman–Crippen LogP) is 2.32. The van der Waals surface area contributed by atoms with Gasteiger partial charge in [-0.2, -0.15) is 0 Å². The molecular weight excluding hydrogens is 294 g/mol. The van der Waals surface area contributed by atoms with Crippen molar-refractivity contribution in [3.63, 3.8) is 0 Å². The average molecular weight is 304 g/mol. The Kier molecular flexibility index (Phi) is 3.45. The summed E-state index contributed by atoms with van der Waals surface area (Å²) in [6.45, 7) is -0.0206. The van der Waals surface area contributed by atoms with Crippen LogP contribution >= 0.6 is 11.6 Å². The van der Waals surface area contributed by atoms with Crippen LogP contribution in [0.15, 0.2) is 36.5 Å². The molecule has 0 radical (unpaired) electrons. The third-order valence-corrected chi connectivity index (χ3v) is 3.07. The Morgan fingerprint density at radius 1 is 1.33 bits per heavy atom. The van der Waals surface area contributed by atoms with Crippen LogP contribution in [0.4, 0.5) is 11.5 Å². The maximum atomic E-state index is 12.1. The Balaban J connectivity index is 1.80. The van der Waals surface area contributed by atoms with Crippen molar-refractivity contribution in [2.45, 2.75) is 0 Å². The molecule has 2 amide bonds. The maximum absolute atomic E-state index is 12.1. The fourth-order valence-corrected chi connectivity index (χ4v) is 1.97. The van der Waals surface area contributed by atoms with Gasteiger partial charge >= 0.3 is 0 Å². The van der Waals surface area contributed by atoms with E-state index in [9.17, 15) is 9.59 Å². The predicted molar refractivity (Wildman–Crippen MR) is 77.8 cm³/mol. The average Bonchev–Trinajstić information content (AvgIpc) is 2.48. The minimum Gasteiger partial charge on any atom is -0.482 e. The molecule has 0 atom stereocenters. The number of carbonyl (C=O) groups is 2. The number of fused-ring (bicyclic) bond motifs is 1. The van der Waals surface area contributed by atoms with Crippen LogP contribution in [0, 0.1) is 0 Å². The summed E-state index contributed by atoms with van der Waals surface area (Å²) in [6, 6.07) is 8.03. The molecule has 0 bridgehead atoms. The standard InChI is InChI=1S/C14H10ClN3O3/c15-9-2-4-12(16-6-9)18-14(20)8-1-3-11-10(5-8)17-13(19)7-21-11/h1-6H,7H2,(H,17,19)(H,16,18,20). The lowest BCUT2D eigenvalue weighted by atomic mass is 10.1. The van der Waals surface area contributed by atoms with Gasteiger partial charge in [-0.05, 0) is 30.3 Å². The normalized spacial score (nSPS) is 12.9. The Bertz CT molecular complexity index is 716. The van der Waals surface area contributed by atoms with Crippen molar-refractivity contribution in [2.75, 3.05) is 17.2 Å². The second kappa shape index (κ2) is 5.41. The molecule has 0 fully saturated rings. The number of hydrogen-bond acceptors (Lipinski definition) is 4. The van der Waals surface area contributed by atoms with Crippen molar-refractivity contribution in [2.24, 2.45) is 0 Å². The fourth-order valence-electron chi connectivity index (χ4n) is 1.86. The number of aromatic nitrogens is 1. The third kappa shape index (κ3) is 2.95. The van der Waals surface area contributed by atoms with E-state index in [2.05, 4.69) is 15.6 Å². The van der Waals surface area contributed by atoms with E-state index in [0.29, 0.717) is 27.8 Å². The number of pyridine rings is 1. The molecule has 1 aromatic carbocycles. The van der Waals surface area contributed by atoms with E-state index in [1.54, 1.807) is 30.3 Å². The lowest BCUT2D eigenvalue weighted by molar-refractivity contribution is -0.118. The molecule has 106 valence electrons. The largest absolute Gasteiger partial charge is 0.482 e. The van der Waals surface area contributed by atoms with Crippen LogP contribution in [-0.4, -0.2) is 23.4 Å². The highest BCUT2D eigenvalue weighted by molar-refractivity contribution is 6.30. The van der Waals surface area contributed by atoms with Crippen molar-refractivity contribution in [3.05, 3.63) is 47.1 Å². The van der Waals surface area contributed by atoms with Crippen LogP contribution in [0.25, 0.3) is 0 Å². The number of anilines is 2. The molecule has 2 aromatic rings. The number of ether oxygens (including phenoxy) is 1. The van der Waals surface area contributed by atoms with Gasteiger partial charge in [0.15, 0.2) is 6.61 Å². The first-order valence-electron chi connectivity index (χ1n) is 6.11. The number of hydrogen-bond donors (Lipinski definition) is 2. The second-order valence-corrected chi connectivity index (χ2v) is 4.80. The minimum atomic E-state index is -0.340. The zero-order valence-electron chi connectivity index (χ0n) is 10.7. The van der Waals surface area contributed by atoms with Crippen LogP contribution in [0.3, 0.4) is 0 Å². The van der Waals surface area contributed by atoms with Gasteiger partial charge in [-0.25, -0.2) is 4.98 Å². The SMILES string of the molecule is O=C1COc2ccc(C(=O)Nc3ccc(Cl)cn3)cc2N1. The van der Waals surface area contributed by atoms with E-state index in [-0.39, 0.29) is 18.4 Å². The maximum Gasteiger partial charge on any atom is 0.262 e. The van der Waals surface area contributed by atoms with Crippen LogP contribution in [0.1, 0.15) is 10.4 Å². The van der Waals surface area contributed by atoms with E-state index in [1.165, 1.54) is 6.20 Å². The van der Waals surface area contributed by atoms with Gasteiger partial charge in [0, 0.05) is 11.8 Å². The number of amides is 2. The van der Waals surface area contributed by atoms with Crippen LogP contribution in [-0.2, 0) is 4.79 Å². The number of benzene rings is 1. The molecule has 0 unspecified atom stereocenters. The van der Waals surface area contributed by atoms with Gasteiger partial charge in [0.1, 0.15) is 11.6 Å². The highest BCUT2D eigenvalue weighted by Crippen LogP contribution is 2.28. The highest BCUT2D eigenvalue weighted by atomic mass is 35.5. The number of nitrogens with one attached hydrogen (secondary N) is 2. The van der Waals surface area contributed by atoms with Gasteiger partial charge in [-0.3, -0.25) is 9.59 Å². The van der Waals surface area contributed by atoms with Gasteiger partial charge in [0.05, 0.1) is 10.7 Å². The minimum absolute atomic E-state index is 0.0206. The first-order chi connectivity index (χ1) is 10.1. The van der Waals surface area contributed by atoms with Crippen LogP contribution in [0.5, 0.6) is 5.75 Å². The summed E-state index contributed by atoms with van der Waals surface area (Å²) in [6.07, 6.45) is 1.44. The molecule has 0 aliphatic carbocycles. The Hall–Kier alpha value is -2.60. The smallest absolute Gasteiger partial charge is 0.262 e. The second-order valence-electron chi connectivity index (χ2n) is 4.36. The summed E-state index contributed by atoms with van der Waals surface area (Å²) in [5.74, 6) is 0.338. The molecule has 0 saturated carbocycles. The Labute approximate surface area is 125 Å². The summed E-state index contributed by atoms with van der Waals surface area (Å²) in [7, 11) is 0. The summed E-state index contributed by atoms with van der Waals surface area (Å²) in [4.78, 5) is 27.4. The zero-order chi connectivity index (χ0) is 14.8. The fraction of sp³-hybridized carbons (Fsp3) is 0.0714. The first-order valence-corrected chi connectivity index (χ1v) is 6.49. The topological polar surface area (TPSA) is 80.3 Å². The summed E-state index contributed by atoms with van der Waals surface area (Å²) < 4.78 is 5.23. The first kappa shape index (κ1) is 13.4. The molecule has 1 aliphatic rings. The molecule has 6 nitrogen and oxygen atoms in total. The van der Waals surface area contributed by atoms with E-state index >= 15 is 0 Å². The number of rotatable bonds is 2. The lowest BCUT2D eigenvalue weighted by Gasteiger charge is -2.18. The molecule has 3 rings (SSSR count). The lowest BCUT2D eigenvalue weighted by Crippen LogP contribution is -2.25. The van der Waals surface area contributed by atoms with Gasteiger partial charge in [-0.1, -0.05) is 11.6 Å². The molecule has 1 aromatic heterocycles. The molecule has 7 heteroatoms. The summed E-state index contributed by atoms with van der Waals surface area (Å²) in [5.41, 5.74) is 0.860. The third-order valence-electron chi connectivity index (χ3n) is 2.84.